The van der Waals surface area contributed by atoms with Gasteiger partial charge in [-0.3, -0.25) is 9.59 Å². The lowest BCUT2D eigenvalue weighted by molar-refractivity contribution is 0.0919. The maximum atomic E-state index is 11.8. The maximum absolute atomic E-state index is 11.8. The molecule has 4 nitrogen and oxygen atoms in total. The first-order valence-electron chi connectivity index (χ1n) is 4.78. The molecule has 82 valence electrons. The van der Waals surface area contributed by atoms with Gasteiger partial charge in [-0.25, -0.2) is 0 Å². The second-order valence-electron chi connectivity index (χ2n) is 3.98. The van der Waals surface area contributed by atoms with Crippen molar-refractivity contribution in [3.8, 4) is 5.75 Å². The first-order valence-corrected chi connectivity index (χ1v) is 5.57. The highest BCUT2D eigenvalue weighted by molar-refractivity contribution is 9.10. The molecule has 1 fully saturated rings. The number of Topliss-reactive ketones (excluding diaryl/α,β-unsaturated/α-hetero) is 2. The fraction of sp³-hybridized carbons (Fsp3) is 0.273. The van der Waals surface area contributed by atoms with Crippen LogP contribution in [0.5, 0.6) is 5.75 Å². The quantitative estimate of drug-likeness (QED) is 0.734. The molecule has 3 rings (SSSR count). The van der Waals surface area contributed by atoms with Gasteiger partial charge in [0, 0.05) is 5.56 Å². The molecular weight excluding hydrogens is 276 g/mol. The zero-order valence-corrected chi connectivity index (χ0v) is 9.87. The van der Waals surface area contributed by atoms with E-state index in [1.165, 1.54) is 0 Å². The van der Waals surface area contributed by atoms with Crippen molar-refractivity contribution in [3.63, 3.8) is 0 Å². The minimum atomic E-state index is -0.680. The molecular formula is C11H7BrO4. The van der Waals surface area contributed by atoms with Crippen LogP contribution in [0.1, 0.15) is 26.3 Å². The molecule has 5 heteroatoms. The Balaban J connectivity index is 2.33. The van der Waals surface area contributed by atoms with Crippen LogP contribution in [0.25, 0.3) is 0 Å². The number of aromatic hydroxyl groups is 1. The van der Waals surface area contributed by atoms with Crippen LogP contribution in [-0.4, -0.2) is 28.9 Å². The molecule has 1 heterocycles. The Hall–Kier alpha value is -1.20. The number of benzene rings is 1. The number of carbonyl (C=O) groups is 2. The molecule has 2 aliphatic rings. The number of phenolic OH excluding ortho intramolecular Hbond substituents is 1. The van der Waals surface area contributed by atoms with E-state index in [0.29, 0.717) is 4.47 Å². The van der Waals surface area contributed by atoms with Gasteiger partial charge in [-0.1, -0.05) is 0 Å². The number of phenols is 1. The van der Waals surface area contributed by atoms with E-state index in [1.54, 1.807) is 13.0 Å². The summed E-state index contributed by atoms with van der Waals surface area (Å²) in [6.07, 6.45) is -1.31. The Kier molecular flexibility index (Phi) is 1.83. The zero-order valence-electron chi connectivity index (χ0n) is 8.28. The Morgan fingerprint density at radius 2 is 1.94 bits per heavy atom. The Labute approximate surface area is 99.3 Å². The van der Waals surface area contributed by atoms with Crippen molar-refractivity contribution in [2.24, 2.45) is 0 Å². The second kappa shape index (κ2) is 2.93. The topological polar surface area (TPSA) is 66.9 Å². The van der Waals surface area contributed by atoms with Crippen molar-refractivity contribution in [3.05, 3.63) is 27.2 Å². The summed E-state index contributed by atoms with van der Waals surface area (Å²) in [7, 11) is 0. The number of hydrogen-bond donors (Lipinski definition) is 1. The first kappa shape index (κ1) is 9.99. The van der Waals surface area contributed by atoms with Crippen LogP contribution in [0.3, 0.4) is 0 Å². The summed E-state index contributed by atoms with van der Waals surface area (Å²) in [5, 5.41) is 9.87. The molecule has 1 aliphatic heterocycles. The van der Waals surface area contributed by atoms with Gasteiger partial charge in [0.15, 0.2) is 23.8 Å². The van der Waals surface area contributed by atoms with Crippen molar-refractivity contribution in [2.75, 3.05) is 0 Å². The minimum absolute atomic E-state index is 0.0845. The predicted molar refractivity (Wildman–Crippen MR) is 57.9 cm³/mol. The van der Waals surface area contributed by atoms with Crippen molar-refractivity contribution in [1.29, 1.82) is 0 Å². The van der Waals surface area contributed by atoms with E-state index in [1.807, 2.05) is 0 Å². The number of ether oxygens (including phenoxy) is 1. The van der Waals surface area contributed by atoms with Crippen LogP contribution in [0.15, 0.2) is 10.5 Å². The largest absolute Gasteiger partial charge is 0.506 e. The van der Waals surface area contributed by atoms with Gasteiger partial charge in [-0.05, 0) is 34.5 Å². The number of hydrogen-bond acceptors (Lipinski definition) is 4. The number of ketones is 2. The van der Waals surface area contributed by atoms with Gasteiger partial charge in [-0.2, -0.15) is 0 Å². The molecule has 1 saturated heterocycles. The van der Waals surface area contributed by atoms with E-state index in [2.05, 4.69) is 15.9 Å². The van der Waals surface area contributed by atoms with Crippen molar-refractivity contribution in [2.45, 2.75) is 19.1 Å². The van der Waals surface area contributed by atoms with Crippen LogP contribution in [0.2, 0.25) is 0 Å². The third kappa shape index (κ3) is 1.07. The van der Waals surface area contributed by atoms with Gasteiger partial charge in [0.2, 0.25) is 0 Å². The van der Waals surface area contributed by atoms with Gasteiger partial charge in [0.05, 0.1) is 10.0 Å². The first-order chi connectivity index (χ1) is 7.52. The average molecular weight is 283 g/mol. The summed E-state index contributed by atoms with van der Waals surface area (Å²) in [6.45, 7) is 1.75. The van der Waals surface area contributed by atoms with Crippen LogP contribution >= 0.6 is 15.9 Å². The molecule has 0 radical (unpaired) electrons. The number of rotatable bonds is 0. The van der Waals surface area contributed by atoms with Gasteiger partial charge in [-0.15, -0.1) is 0 Å². The fourth-order valence-electron chi connectivity index (χ4n) is 2.03. The van der Waals surface area contributed by atoms with E-state index in [0.717, 1.165) is 5.56 Å². The molecule has 0 saturated carbocycles. The van der Waals surface area contributed by atoms with Crippen molar-refractivity contribution < 1.29 is 19.4 Å². The predicted octanol–water partition coefficient (Wildman–Crippen LogP) is 1.61. The van der Waals surface area contributed by atoms with E-state index < -0.39 is 12.2 Å². The van der Waals surface area contributed by atoms with E-state index in [4.69, 9.17) is 4.74 Å². The number of carbonyl (C=O) groups excluding carboxylic acids is 2. The van der Waals surface area contributed by atoms with Gasteiger partial charge >= 0.3 is 0 Å². The molecule has 0 unspecified atom stereocenters. The number of fused-ring (bicyclic) bond motifs is 2. The normalized spacial score (nSPS) is 26.4. The van der Waals surface area contributed by atoms with Gasteiger partial charge in [0.1, 0.15) is 5.75 Å². The minimum Gasteiger partial charge on any atom is -0.506 e. The molecule has 0 spiro atoms. The fourth-order valence-corrected chi connectivity index (χ4v) is 2.34. The third-order valence-electron chi connectivity index (χ3n) is 2.94. The molecule has 1 N–H and O–H groups in total. The molecule has 16 heavy (non-hydrogen) atoms. The van der Waals surface area contributed by atoms with Gasteiger partial charge < -0.3 is 9.84 Å². The van der Waals surface area contributed by atoms with Crippen LogP contribution < -0.4 is 0 Å². The Morgan fingerprint density at radius 3 is 2.62 bits per heavy atom. The monoisotopic (exact) mass is 282 g/mol. The molecule has 1 aliphatic carbocycles. The summed E-state index contributed by atoms with van der Waals surface area (Å²) in [5.41, 5.74) is 1.07. The second-order valence-corrected chi connectivity index (χ2v) is 4.78. The average Bonchev–Trinajstić information content (AvgIpc) is 3.02. The Morgan fingerprint density at radius 1 is 1.31 bits per heavy atom. The van der Waals surface area contributed by atoms with Crippen LogP contribution in [0.4, 0.5) is 0 Å². The summed E-state index contributed by atoms with van der Waals surface area (Å²) >= 11 is 3.18. The molecule has 0 amide bonds. The van der Waals surface area contributed by atoms with Gasteiger partial charge in [0.25, 0.3) is 0 Å². The Bertz CT molecular complexity index is 549. The molecule has 0 bridgehead atoms. The lowest BCUT2D eigenvalue weighted by atomic mass is 9.88. The highest BCUT2D eigenvalue weighted by Crippen LogP contribution is 2.43. The summed E-state index contributed by atoms with van der Waals surface area (Å²) < 4.78 is 5.44. The number of halogens is 1. The van der Waals surface area contributed by atoms with Crippen LogP contribution in [0, 0.1) is 6.92 Å². The smallest absolute Gasteiger partial charge is 0.199 e. The highest BCUT2D eigenvalue weighted by atomic mass is 79.9. The highest BCUT2D eigenvalue weighted by Gasteiger charge is 2.56. The zero-order chi connectivity index (χ0) is 11.6. The molecule has 0 aromatic heterocycles. The lowest BCUT2D eigenvalue weighted by Gasteiger charge is -2.14. The van der Waals surface area contributed by atoms with Crippen LogP contribution in [-0.2, 0) is 4.74 Å². The van der Waals surface area contributed by atoms with Crippen molar-refractivity contribution >= 4 is 27.5 Å². The summed E-state index contributed by atoms with van der Waals surface area (Å²) in [6, 6.07) is 1.61. The van der Waals surface area contributed by atoms with E-state index in [9.17, 15) is 14.7 Å². The maximum Gasteiger partial charge on any atom is 0.199 e. The van der Waals surface area contributed by atoms with Crippen molar-refractivity contribution in [1.82, 2.24) is 0 Å². The number of aryl methyl sites for hydroxylation is 1. The molecule has 1 aromatic carbocycles. The third-order valence-corrected chi connectivity index (χ3v) is 3.94. The molecule has 2 atom stereocenters. The summed E-state index contributed by atoms with van der Waals surface area (Å²) in [5.74, 6) is -0.689. The standard InChI is InChI=1S/C11H7BrO4/c1-3-2-4-5(8(14)6(3)12)9(15)11-10(16-11)7(4)13/h2,10-11,14H,1H3/t10-,11+/m0/s1. The lowest BCUT2D eigenvalue weighted by Crippen LogP contribution is -2.26. The summed E-state index contributed by atoms with van der Waals surface area (Å²) in [4.78, 5) is 23.6. The molecule has 1 aromatic rings. The number of epoxide rings is 1. The van der Waals surface area contributed by atoms with E-state index in [-0.39, 0.29) is 28.4 Å². The SMILES string of the molecule is Cc1cc2c(c(O)c1Br)C(=O)[C@H]1O[C@H]1C2=O. The van der Waals surface area contributed by atoms with E-state index >= 15 is 0 Å².